The molecular weight excluding hydrogens is 431 g/mol. The summed E-state index contributed by atoms with van der Waals surface area (Å²) in [5, 5.41) is 6.64. The van der Waals surface area contributed by atoms with Crippen molar-refractivity contribution in [1.82, 2.24) is 10.2 Å². The molecule has 1 heterocycles. The first-order chi connectivity index (χ1) is 11.7. The van der Waals surface area contributed by atoms with Crippen LogP contribution in [0.1, 0.15) is 26.2 Å². The molecule has 1 aromatic rings. The summed E-state index contributed by atoms with van der Waals surface area (Å²) in [6.07, 6.45) is 3.37. The molecule has 142 valence electrons. The molecule has 0 radical (unpaired) electrons. The van der Waals surface area contributed by atoms with Crippen molar-refractivity contribution in [2.75, 3.05) is 52.3 Å². The maximum atomic E-state index is 5.72. The number of rotatable bonds is 7. The van der Waals surface area contributed by atoms with Crippen molar-refractivity contribution in [2.45, 2.75) is 26.2 Å². The summed E-state index contributed by atoms with van der Waals surface area (Å²) in [4.78, 5) is 6.61. The second kappa shape index (κ2) is 12.2. The van der Waals surface area contributed by atoms with E-state index < -0.39 is 0 Å². The lowest BCUT2D eigenvalue weighted by Gasteiger charge is -2.18. The van der Waals surface area contributed by atoms with E-state index in [2.05, 4.69) is 34.5 Å². The van der Waals surface area contributed by atoms with Crippen molar-refractivity contribution >= 4 is 35.6 Å². The third-order valence-electron chi connectivity index (χ3n) is 3.91. The third-order valence-corrected chi connectivity index (χ3v) is 3.91. The van der Waals surface area contributed by atoms with Gasteiger partial charge in [-0.1, -0.05) is 13.3 Å². The molecule has 0 bridgehead atoms. The Labute approximate surface area is 168 Å². The van der Waals surface area contributed by atoms with Crippen LogP contribution in [-0.4, -0.2) is 57.8 Å². The smallest absolute Gasteiger partial charge is 0.195 e. The highest BCUT2D eigenvalue weighted by molar-refractivity contribution is 14.0. The van der Waals surface area contributed by atoms with Gasteiger partial charge in [-0.25, -0.2) is 0 Å². The number of anilines is 1. The van der Waals surface area contributed by atoms with Crippen LogP contribution in [0.15, 0.2) is 23.2 Å². The number of aliphatic imine (C=N–C) groups is 1. The molecule has 0 saturated carbocycles. The number of fused-ring (bicyclic) bond motifs is 1. The lowest BCUT2D eigenvalue weighted by atomic mass is 10.3. The number of likely N-dealkylation sites (N-methyl/N-ethyl adjacent to an activating group) is 1. The SMILES string of the molecule is CCCCN(C)CCNC(=NC)Nc1ccc2c(c1)OCCCO2.I. The summed E-state index contributed by atoms with van der Waals surface area (Å²) in [5.41, 5.74) is 0.937. The Morgan fingerprint density at radius 3 is 2.68 bits per heavy atom. The van der Waals surface area contributed by atoms with Crippen LogP contribution in [0.25, 0.3) is 0 Å². The lowest BCUT2D eigenvalue weighted by molar-refractivity contribution is 0.297. The van der Waals surface area contributed by atoms with E-state index in [1.165, 1.54) is 12.8 Å². The fraction of sp³-hybridized carbons (Fsp3) is 0.611. The van der Waals surface area contributed by atoms with E-state index >= 15 is 0 Å². The topological polar surface area (TPSA) is 58.1 Å². The number of guanidine groups is 1. The molecule has 1 aromatic carbocycles. The largest absolute Gasteiger partial charge is 0.490 e. The Morgan fingerprint density at radius 2 is 1.96 bits per heavy atom. The van der Waals surface area contributed by atoms with Crippen LogP contribution in [-0.2, 0) is 0 Å². The van der Waals surface area contributed by atoms with Gasteiger partial charge >= 0.3 is 0 Å². The number of unbranched alkanes of at least 4 members (excludes halogenated alkanes) is 1. The van der Waals surface area contributed by atoms with Crippen LogP contribution in [0.2, 0.25) is 0 Å². The van der Waals surface area contributed by atoms with E-state index in [4.69, 9.17) is 9.47 Å². The Balaban J connectivity index is 0.00000312. The van der Waals surface area contributed by atoms with Crippen molar-refractivity contribution in [3.05, 3.63) is 18.2 Å². The molecule has 1 aliphatic heterocycles. The summed E-state index contributed by atoms with van der Waals surface area (Å²) in [6, 6.07) is 5.88. The van der Waals surface area contributed by atoms with Crippen molar-refractivity contribution in [3.63, 3.8) is 0 Å². The standard InChI is InChI=1S/C18H30N4O2.HI/c1-4-5-10-22(3)11-9-20-18(19-2)21-15-7-8-16-17(14-15)24-13-6-12-23-16;/h7-8,14H,4-6,9-13H2,1-3H3,(H2,19,20,21);1H. The zero-order chi connectivity index (χ0) is 17.2. The number of benzene rings is 1. The van der Waals surface area contributed by atoms with Crippen LogP contribution in [0.4, 0.5) is 5.69 Å². The van der Waals surface area contributed by atoms with Gasteiger partial charge in [0, 0.05) is 38.3 Å². The summed E-state index contributed by atoms with van der Waals surface area (Å²) in [6.45, 7) is 6.58. The first-order valence-corrected chi connectivity index (χ1v) is 8.78. The Bertz CT molecular complexity index is 540. The zero-order valence-corrected chi connectivity index (χ0v) is 17.8. The highest BCUT2D eigenvalue weighted by Crippen LogP contribution is 2.32. The van der Waals surface area contributed by atoms with Gasteiger partial charge in [0.05, 0.1) is 13.2 Å². The predicted octanol–water partition coefficient (Wildman–Crippen LogP) is 3.19. The van der Waals surface area contributed by atoms with Gasteiger partial charge in [0.2, 0.25) is 0 Å². The van der Waals surface area contributed by atoms with Gasteiger partial charge < -0.3 is 25.0 Å². The molecule has 0 atom stereocenters. The quantitative estimate of drug-likeness (QED) is 0.371. The van der Waals surface area contributed by atoms with Crippen molar-refractivity contribution in [1.29, 1.82) is 0 Å². The Morgan fingerprint density at radius 1 is 1.20 bits per heavy atom. The fourth-order valence-corrected chi connectivity index (χ4v) is 2.46. The maximum Gasteiger partial charge on any atom is 0.195 e. The van der Waals surface area contributed by atoms with Crippen molar-refractivity contribution in [3.8, 4) is 11.5 Å². The minimum absolute atomic E-state index is 0. The van der Waals surface area contributed by atoms with Crippen molar-refractivity contribution < 1.29 is 9.47 Å². The fourth-order valence-electron chi connectivity index (χ4n) is 2.46. The van der Waals surface area contributed by atoms with E-state index in [1.54, 1.807) is 7.05 Å². The average Bonchev–Trinajstić information content (AvgIpc) is 2.83. The second-order valence-electron chi connectivity index (χ2n) is 5.99. The molecule has 0 fully saturated rings. The van der Waals surface area contributed by atoms with Crippen LogP contribution in [0.3, 0.4) is 0 Å². The van der Waals surface area contributed by atoms with E-state index in [0.29, 0.717) is 13.2 Å². The minimum atomic E-state index is 0. The molecule has 1 aliphatic rings. The van der Waals surface area contributed by atoms with Gasteiger partial charge in [0.1, 0.15) is 0 Å². The van der Waals surface area contributed by atoms with E-state index in [-0.39, 0.29) is 24.0 Å². The summed E-state index contributed by atoms with van der Waals surface area (Å²) in [5.74, 6) is 2.35. The average molecular weight is 462 g/mol. The van der Waals surface area contributed by atoms with Crippen LogP contribution in [0, 0.1) is 0 Å². The first kappa shape index (κ1) is 21.8. The normalized spacial score (nSPS) is 13.8. The first-order valence-electron chi connectivity index (χ1n) is 8.78. The van der Waals surface area contributed by atoms with Crippen LogP contribution in [0.5, 0.6) is 11.5 Å². The number of halogens is 1. The van der Waals surface area contributed by atoms with Gasteiger partial charge in [-0.2, -0.15) is 0 Å². The molecular formula is C18H31IN4O2. The van der Waals surface area contributed by atoms with Crippen LogP contribution >= 0.6 is 24.0 Å². The van der Waals surface area contributed by atoms with Gasteiger partial charge in [-0.3, -0.25) is 4.99 Å². The van der Waals surface area contributed by atoms with Gasteiger partial charge in [0.15, 0.2) is 17.5 Å². The lowest BCUT2D eigenvalue weighted by Crippen LogP contribution is -2.37. The molecule has 0 aromatic heterocycles. The highest BCUT2D eigenvalue weighted by Gasteiger charge is 2.11. The maximum absolute atomic E-state index is 5.72. The summed E-state index contributed by atoms with van der Waals surface area (Å²) < 4.78 is 11.4. The minimum Gasteiger partial charge on any atom is -0.490 e. The zero-order valence-electron chi connectivity index (χ0n) is 15.5. The molecule has 6 nitrogen and oxygen atoms in total. The summed E-state index contributed by atoms with van der Waals surface area (Å²) in [7, 11) is 3.93. The van der Waals surface area contributed by atoms with Gasteiger partial charge in [-0.15, -0.1) is 24.0 Å². The molecule has 2 N–H and O–H groups in total. The molecule has 7 heteroatoms. The van der Waals surface area contributed by atoms with Gasteiger partial charge in [0.25, 0.3) is 0 Å². The number of hydrogen-bond donors (Lipinski definition) is 2. The van der Waals surface area contributed by atoms with E-state index in [1.807, 2.05) is 18.2 Å². The predicted molar refractivity (Wildman–Crippen MR) is 115 cm³/mol. The number of hydrogen-bond acceptors (Lipinski definition) is 4. The van der Waals surface area contributed by atoms with Crippen LogP contribution < -0.4 is 20.1 Å². The summed E-state index contributed by atoms with van der Waals surface area (Å²) >= 11 is 0. The number of nitrogens with one attached hydrogen (secondary N) is 2. The van der Waals surface area contributed by atoms with E-state index in [0.717, 1.165) is 49.2 Å². The molecule has 0 aliphatic carbocycles. The van der Waals surface area contributed by atoms with Crippen molar-refractivity contribution in [2.24, 2.45) is 4.99 Å². The number of ether oxygens (including phenoxy) is 2. The van der Waals surface area contributed by atoms with E-state index in [9.17, 15) is 0 Å². The highest BCUT2D eigenvalue weighted by atomic mass is 127. The molecule has 0 saturated heterocycles. The Hall–Kier alpha value is -1.22. The molecule has 0 spiro atoms. The second-order valence-corrected chi connectivity index (χ2v) is 5.99. The van der Waals surface area contributed by atoms with Gasteiger partial charge in [-0.05, 0) is 32.1 Å². The molecule has 25 heavy (non-hydrogen) atoms. The number of nitrogens with zero attached hydrogens (tertiary/aromatic N) is 2. The molecule has 2 rings (SSSR count). The third kappa shape index (κ3) is 7.68. The molecule has 0 amide bonds. The molecule has 0 unspecified atom stereocenters. The Kier molecular flexibility index (Phi) is 10.6. The monoisotopic (exact) mass is 462 g/mol.